The van der Waals surface area contributed by atoms with Crippen molar-refractivity contribution < 1.29 is 4.79 Å². The quantitative estimate of drug-likeness (QED) is 0.427. The number of hydrogen-bond acceptors (Lipinski definition) is 5. The van der Waals surface area contributed by atoms with Gasteiger partial charge in [0.1, 0.15) is 0 Å². The lowest BCUT2D eigenvalue weighted by atomic mass is 10.1. The molecule has 0 spiro atoms. The second-order valence-corrected chi connectivity index (χ2v) is 8.54. The topological polar surface area (TPSA) is 88.5 Å². The largest absolute Gasteiger partial charge is 0.366 e. The van der Waals surface area contributed by atoms with Gasteiger partial charge in [0.05, 0.1) is 5.69 Å². The lowest BCUT2D eigenvalue weighted by Gasteiger charge is -2.14. The maximum atomic E-state index is 11.6. The first-order chi connectivity index (χ1) is 16.2. The van der Waals surface area contributed by atoms with Crippen molar-refractivity contribution in [3.8, 4) is 11.3 Å². The van der Waals surface area contributed by atoms with Gasteiger partial charge in [-0.1, -0.05) is 30.3 Å². The van der Waals surface area contributed by atoms with E-state index in [4.69, 9.17) is 5.73 Å². The number of nitrogens with two attached hydrogens (primary N) is 1. The van der Waals surface area contributed by atoms with E-state index in [1.54, 1.807) is 16.6 Å². The molecule has 1 amide bonds. The van der Waals surface area contributed by atoms with Crippen LogP contribution in [0.1, 0.15) is 35.2 Å². The van der Waals surface area contributed by atoms with E-state index in [-0.39, 0.29) is 0 Å². The molecule has 168 valence electrons. The first kappa shape index (κ1) is 21.2. The van der Waals surface area contributed by atoms with E-state index in [2.05, 4.69) is 44.6 Å². The highest BCUT2D eigenvalue weighted by Crippen LogP contribution is 2.23. The standard InChI is InChI=1S/C26H28N6O/c27-25(33)21-8-3-7-20(18-21)23-9-4-10-24-29-26(30-32(23)24)28-22-13-11-19(12-14-22)6-5-17-31-15-1-2-16-31/h3-4,7-14,18H,1-2,5-6,15-17H2,(H2,27,33)(H,28,30). The van der Waals surface area contributed by atoms with Crippen molar-refractivity contribution >= 4 is 23.2 Å². The summed E-state index contributed by atoms with van der Waals surface area (Å²) in [5.74, 6) is 0.0692. The molecule has 7 nitrogen and oxygen atoms in total. The van der Waals surface area contributed by atoms with Gasteiger partial charge in [-0.15, -0.1) is 5.10 Å². The Morgan fingerprint density at radius 2 is 1.79 bits per heavy atom. The Balaban J connectivity index is 1.29. The van der Waals surface area contributed by atoms with Crippen LogP contribution in [0.4, 0.5) is 11.6 Å². The molecule has 2 aromatic heterocycles. The van der Waals surface area contributed by atoms with Crippen LogP contribution in [0.2, 0.25) is 0 Å². The molecule has 1 saturated heterocycles. The SMILES string of the molecule is NC(=O)c1cccc(-c2cccc3nc(Nc4ccc(CCCN5CCCC5)cc4)nn23)c1. The Bertz CT molecular complexity index is 1260. The van der Waals surface area contributed by atoms with Gasteiger partial charge in [-0.05, 0) is 87.3 Å². The number of nitrogens with one attached hydrogen (secondary N) is 1. The monoisotopic (exact) mass is 440 g/mol. The molecule has 33 heavy (non-hydrogen) atoms. The van der Waals surface area contributed by atoms with Crippen molar-refractivity contribution in [2.45, 2.75) is 25.7 Å². The van der Waals surface area contributed by atoms with Gasteiger partial charge in [0.25, 0.3) is 0 Å². The average Bonchev–Trinajstić information content (AvgIpc) is 3.49. The van der Waals surface area contributed by atoms with Crippen LogP contribution < -0.4 is 11.1 Å². The molecule has 1 aliphatic rings. The fraction of sp³-hybridized carbons (Fsp3) is 0.269. The number of aromatic nitrogens is 3. The Kier molecular flexibility index (Phi) is 6.04. The zero-order valence-corrected chi connectivity index (χ0v) is 18.6. The highest BCUT2D eigenvalue weighted by molar-refractivity contribution is 5.94. The third-order valence-corrected chi connectivity index (χ3v) is 6.15. The number of carbonyl (C=O) groups is 1. The Hall–Kier alpha value is -3.71. The van der Waals surface area contributed by atoms with E-state index in [1.807, 2.05) is 30.3 Å². The molecule has 3 heterocycles. The van der Waals surface area contributed by atoms with Gasteiger partial charge in [-0.3, -0.25) is 4.79 Å². The molecule has 0 unspecified atom stereocenters. The zero-order valence-electron chi connectivity index (χ0n) is 18.6. The molecule has 0 radical (unpaired) electrons. The normalized spacial score (nSPS) is 14.1. The predicted molar refractivity (Wildman–Crippen MR) is 131 cm³/mol. The minimum Gasteiger partial charge on any atom is -0.366 e. The van der Waals surface area contributed by atoms with Gasteiger partial charge in [0.2, 0.25) is 11.9 Å². The first-order valence-corrected chi connectivity index (χ1v) is 11.5. The van der Waals surface area contributed by atoms with Gasteiger partial charge in [0, 0.05) is 16.8 Å². The van der Waals surface area contributed by atoms with Crippen molar-refractivity contribution in [1.82, 2.24) is 19.5 Å². The van der Waals surface area contributed by atoms with Crippen LogP contribution in [0.15, 0.2) is 66.7 Å². The van der Waals surface area contributed by atoms with E-state index >= 15 is 0 Å². The maximum Gasteiger partial charge on any atom is 0.248 e. The Morgan fingerprint density at radius 3 is 2.58 bits per heavy atom. The molecule has 4 aromatic rings. The molecule has 1 fully saturated rings. The van der Waals surface area contributed by atoms with Crippen LogP contribution in [0.25, 0.3) is 16.9 Å². The summed E-state index contributed by atoms with van der Waals surface area (Å²) in [6.45, 7) is 3.70. The van der Waals surface area contributed by atoms with Crippen molar-refractivity contribution in [2.75, 3.05) is 25.0 Å². The first-order valence-electron chi connectivity index (χ1n) is 11.5. The Labute approximate surface area is 193 Å². The van der Waals surface area contributed by atoms with Crippen LogP contribution >= 0.6 is 0 Å². The van der Waals surface area contributed by atoms with E-state index in [9.17, 15) is 4.79 Å². The van der Waals surface area contributed by atoms with Crippen LogP contribution in [0, 0.1) is 0 Å². The molecule has 0 atom stereocenters. The van der Waals surface area contributed by atoms with Crippen molar-refractivity contribution in [3.63, 3.8) is 0 Å². The van der Waals surface area contributed by atoms with E-state index in [0.717, 1.165) is 29.0 Å². The lowest BCUT2D eigenvalue weighted by Crippen LogP contribution is -2.20. The third-order valence-electron chi connectivity index (χ3n) is 6.15. The minimum absolute atomic E-state index is 0.454. The molecule has 0 aliphatic carbocycles. The van der Waals surface area contributed by atoms with E-state index < -0.39 is 5.91 Å². The number of aryl methyl sites for hydroxylation is 1. The summed E-state index contributed by atoms with van der Waals surface area (Å²) in [6.07, 6.45) is 4.98. The second-order valence-electron chi connectivity index (χ2n) is 8.54. The summed E-state index contributed by atoms with van der Waals surface area (Å²) in [7, 11) is 0. The highest BCUT2D eigenvalue weighted by Gasteiger charge is 2.12. The molecule has 1 aliphatic heterocycles. The van der Waals surface area contributed by atoms with Crippen LogP contribution in [0.5, 0.6) is 0 Å². The van der Waals surface area contributed by atoms with Gasteiger partial charge in [-0.25, -0.2) is 4.52 Å². The van der Waals surface area contributed by atoms with Gasteiger partial charge < -0.3 is 16.0 Å². The molecule has 3 N–H and O–H groups in total. The van der Waals surface area contributed by atoms with Crippen molar-refractivity contribution in [2.24, 2.45) is 5.73 Å². The third kappa shape index (κ3) is 4.88. The average molecular weight is 441 g/mol. The van der Waals surface area contributed by atoms with Crippen LogP contribution in [-0.4, -0.2) is 45.0 Å². The van der Waals surface area contributed by atoms with E-state index in [1.165, 1.54) is 44.5 Å². The van der Waals surface area contributed by atoms with Crippen molar-refractivity contribution in [1.29, 1.82) is 0 Å². The van der Waals surface area contributed by atoms with Gasteiger partial charge in [0.15, 0.2) is 5.65 Å². The predicted octanol–water partition coefficient (Wildman–Crippen LogP) is 4.27. The van der Waals surface area contributed by atoms with Crippen LogP contribution in [-0.2, 0) is 6.42 Å². The molecule has 2 aromatic carbocycles. The number of nitrogens with zero attached hydrogens (tertiary/aromatic N) is 4. The molecule has 0 saturated carbocycles. The number of primary amides is 1. The summed E-state index contributed by atoms with van der Waals surface area (Å²) < 4.78 is 1.77. The number of likely N-dealkylation sites (tertiary alicyclic amines) is 1. The number of pyridine rings is 1. The number of benzene rings is 2. The minimum atomic E-state index is -0.454. The number of carbonyl (C=O) groups excluding carboxylic acids is 1. The number of hydrogen-bond donors (Lipinski definition) is 2. The molecular formula is C26H28N6O. The van der Waals surface area contributed by atoms with E-state index in [0.29, 0.717) is 11.5 Å². The summed E-state index contributed by atoms with van der Waals surface area (Å²) in [5, 5.41) is 7.95. The lowest BCUT2D eigenvalue weighted by molar-refractivity contribution is 0.100. The fourth-order valence-corrected chi connectivity index (χ4v) is 4.41. The maximum absolute atomic E-state index is 11.6. The van der Waals surface area contributed by atoms with Gasteiger partial charge in [-0.2, -0.15) is 4.98 Å². The molecule has 7 heteroatoms. The van der Waals surface area contributed by atoms with Gasteiger partial charge >= 0.3 is 0 Å². The number of rotatable bonds is 8. The Morgan fingerprint density at radius 1 is 1.00 bits per heavy atom. The summed E-state index contributed by atoms with van der Waals surface area (Å²) in [5.41, 5.74) is 10.6. The zero-order chi connectivity index (χ0) is 22.6. The number of anilines is 2. The summed E-state index contributed by atoms with van der Waals surface area (Å²) >= 11 is 0. The van der Waals surface area contributed by atoms with Crippen LogP contribution in [0.3, 0.4) is 0 Å². The number of fused-ring (bicyclic) bond motifs is 1. The number of amides is 1. The highest BCUT2D eigenvalue weighted by atomic mass is 16.1. The van der Waals surface area contributed by atoms with Crippen molar-refractivity contribution in [3.05, 3.63) is 77.9 Å². The molecular weight excluding hydrogens is 412 g/mol. The fourth-order valence-electron chi connectivity index (χ4n) is 4.41. The molecule has 5 rings (SSSR count). The second kappa shape index (κ2) is 9.42. The summed E-state index contributed by atoms with van der Waals surface area (Å²) in [6, 6.07) is 21.5. The summed E-state index contributed by atoms with van der Waals surface area (Å²) in [4.78, 5) is 18.7. The smallest absolute Gasteiger partial charge is 0.248 e. The molecule has 0 bridgehead atoms.